The van der Waals surface area contributed by atoms with Gasteiger partial charge in [0, 0.05) is 16.9 Å². The summed E-state index contributed by atoms with van der Waals surface area (Å²) >= 11 is 0. The highest BCUT2D eigenvalue weighted by atomic mass is 19.4. The molecule has 2 N–H and O–H groups in total. The molecule has 0 saturated heterocycles. The number of rotatable bonds is 6. The molecule has 0 aliphatic heterocycles. The molecule has 0 aliphatic rings. The fraction of sp³-hybridized carbons (Fsp3) is 0.130. The van der Waals surface area contributed by atoms with E-state index in [4.69, 9.17) is 4.74 Å². The van der Waals surface area contributed by atoms with Crippen molar-refractivity contribution in [3.8, 4) is 5.75 Å². The van der Waals surface area contributed by atoms with Gasteiger partial charge in [0.15, 0.2) is 0 Å². The zero-order valence-corrected chi connectivity index (χ0v) is 16.5. The van der Waals surface area contributed by atoms with E-state index < -0.39 is 23.6 Å². The second-order valence-corrected chi connectivity index (χ2v) is 6.69. The summed E-state index contributed by atoms with van der Waals surface area (Å²) in [5.74, 6) is -0.430. The Morgan fingerprint density at radius 2 is 1.48 bits per heavy atom. The van der Waals surface area contributed by atoms with Crippen LogP contribution in [0.2, 0.25) is 0 Å². The van der Waals surface area contributed by atoms with E-state index in [-0.39, 0.29) is 17.8 Å². The van der Waals surface area contributed by atoms with E-state index in [9.17, 15) is 22.8 Å². The number of ether oxygens (including phenoxy) is 1. The van der Waals surface area contributed by atoms with Crippen molar-refractivity contribution in [2.75, 3.05) is 17.7 Å². The normalized spacial score (nSPS) is 11.0. The van der Waals surface area contributed by atoms with E-state index in [1.807, 2.05) is 0 Å². The third-order valence-corrected chi connectivity index (χ3v) is 4.36. The first-order valence-corrected chi connectivity index (χ1v) is 9.26. The number of alkyl halides is 3. The van der Waals surface area contributed by atoms with Crippen LogP contribution < -0.4 is 15.4 Å². The minimum absolute atomic E-state index is 0.0358. The summed E-state index contributed by atoms with van der Waals surface area (Å²) < 4.78 is 45.0. The summed E-state index contributed by atoms with van der Waals surface area (Å²) in [7, 11) is 1.52. The Hall–Kier alpha value is -3.81. The molecule has 3 aromatic rings. The number of anilines is 2. The zero-order valence-electron chi connectivity index (χ0n) is 16.5. The predicted molar refractivity (Wildman–Crippen MR) is 111 cm³/mol. The molecule has 0 bridgehead atoms. The standard InChI is InChI=1S/C23H19F3N2O3/c1-31-20-9-7-15(8-10-20)11-21(29)27-18-12-17(23(24,25)26)13-19(14-18)28-22(30)16-5-3-2-4-6-16/h2-10,12-14H,11H2,1H3,(H,27,29)(H,28,30). The zero-order chi connectivity index (χ0) is 22.4. The SMILES string of the molecule is COc1ccc(CC(=O)Nc2cc(NC(=O)c3ccccc3)cc(C(F)(F)F)c2)cc1. The lowest BCUT2D eigenvalue weighted by Crippen LogP contribution is -2.17. The second kappa shape index (κ2) is 9.34. The van der Waals surface area contributed by atoms with Gasteiger partial charge >= 0.3 is 6.18 Å². The van der Waals surface area contributed by atoms with Crippen LogP contribution in [0.25, 0.3) is 0 Å². The second-order valence-electron chi connectivity index (χ2n) is 6.69. The van der Waals surface area contributed by atoms with E-state index in [1.54, 1.807) is 54.6 Å². The monoisotopic (exact) mass is 428 g/mol. The summed E-state index contributed by atoms with van der Waals surface area (Å²) in [6.07, 6.45) is -4.69. The van der Waals surface area contributed by atoms with Crippen molar-refractivity contribution in [2.45, 2.75) is 12.6 Å². The Kier molecular flexibility index (Phi) is 6.59. The van der Waals surface area contributed by atoms with Gasteiger partial charge in [0.05, 0.1) is 19.1 Å². The number of carbonyl (C=O) groups is 2. The average molecular weight is 428 g/mol. The minimum Gasteiger partial charge on any atom is -0.497 e. The Morgan fingerprint density at radius 3 is 2.06 bits per heavy atom. The molecule has 0 aromatic heterocycles. The lowest BCUT2D eigenvalue weighted by atomic mass is 10.1. The summed E-state index contributed by atoms with van der Waals surface area (Å²) in [5.41, 5.74) is -0.175. The maximum atomic E-state index is 13.3. The highest BCUT2D eigenvalue weighted by Gasteiger charge is 2.31. The lowest BCUT2D eigenvalue weighted by Gasteiger charge is -2.14. The summed E-state index contributed by atoms with van der Waals surface area (Å²) in [4.78, 5) is 24.7. The largest absolute Gasteiger partial charge is 0.497 e. The number of halogens is 3. The molecule has 5 nitrogen and oxygen atoms in total. The number of hydrogen-bond donors (Lipinski definition) is 2. The van der Waals surface area contributed by atoms with E-state index in [0.29, 0.717) is 16.9 Å². The minimum atomic E-state index is -4.65. The summed E-state index contributed by atoms with van der Waals surface area (Å²) in [6, 6.07) is 17.8. The Balaban J connectivity index is 1.79. The van der Waals surface area contributed by atoms with Gasteiger partial charge in [-0.25, -0.2) is 0 Å². The molecule has 3 aromatic carbocycles. The molecule has 0 unspecified atom stereocenters. The Labute approximate surface area is 176 Å². The predicted octanol–water partition coefficient (Wildman–Crippen LogP) is 5.15. The van der Waals surface area contributed by atoms with Crippen molar-refractivity contribution >= 4 is 23.2 Å². The van der Waals surface area contributed by atoms with E-state index in [2.05, 4.69) is 10.6 Å². The van der Waals surface area contributed by atoms with Crippen LogP contribution in [0.4, 0.5) is 24.5 Å². The molecule has 31 heavy (non-hydrogen) atoms. The van der Waals surface area contributed by atoms with Crippen molar-refractivity contribution in [1.29, 1.82) is 0 Å². The molecule has 160 valence electrons. The van der Waals surface area contributed by atoms with Crippen LogP contribution in [0.15, 0.2) is 72.8 Å². The molecule has 0 atom stereocenters. The van der Waals surface area contributed by atoms with Crippen molar-refractivity contribution in [3.63, 3.8) is 0 Å². The topological polar surface area (TPSA) is 67.4 Å². The maximum absolute atomic E-state index is 13.3. The summed E-state index contributed by atoms with van der Waals surface area (Å²) in [6.45, 7) is 0. The van der Waals surface area contributed by atoms with Gasteiger partial charge in [-0.2, -0.15) is 13.2 Å². The molecule has 2 amide bonds. The van der Waals surface area contributed by atoms with Crippen molar-refractivity contribution in [2.24, 2.45) is 0 Å². The summed E-state index contributed by atoms with van der Waals surface area (Å²) in [5, 5.41) is 4.91. The van der Waals surface area contributed by atoms with Crippen LogP contribution in [0.1, 0.15) is 21.5 Å². The molecule has 0 radical (unpaired) electrons. The lowest BCUT2D eigenvalue weighted by molar-refractivity contribution is -0.137. The third-order valence-electron chi connectivity index (χ3n) is 4.36. The van der Waals surface area contributed by atoms with Crippen LogP contribution in [-0.2, 0) is 17.4 Å². The smallest absolute Gasteiger partial charge is 0.416 e. The van der Waals surface area contributed by atoms with Crippen molar-refractivity contribution in [1.82, 2.24) is 0 Å². The van der Waals surface area contributed by atoms with Crippen LogP contribution >= 0.6 is 0 Å². The highest BCUT2D eigenvalue weighted by Crippen LogP contribution is 2.33. The number of hydrogen-bond acceptors (Lipinski definition) is 3. The number of benzene rings is 3. The van der Waals surface area contributed by atoms with Gasteiger partial charge in [0.1, 0.15) is 5.75 Å². The van der Waals surface area contributed by atoms with Crippen LogP contribution in [0, 0.1) is 0 Å². The molecule has 0 spiro atoms. The third kappa shape index (κ3) is 6.08. The fourth-order valence-corrected chi connectivity index (χ4v) is 2.86. The Bertz CT molecular complexity index is 1070. The quantitative estimate of drug-likeness (QED) is 0.571. The first-order valence-electron chi connectivity index (χ1n) is 9.26. The van der Waals surface area contributed by atoms with Gasteiger partial charge in [-0.15, -0.1) is 0 Å². The van der Waals surface area contributed by atoms with Crippen LogP contribution in [0.3, 0.4) is 0 Å². The molecule has 0 saturated carbocycles. The maximum Gasteiger partial charge on any atom is 0.416 e. The number of amides is 2. The van der Waals surface area contributed by atoms with E-state index >= 15 is 0 Å². The first kappa shape index (κ1) is 21.9. The molecule has 0 fully saturated rings. The van der Waals surface area contributed by atoms with Crippen molar-refractivity contribution < 1.29 is 27.5 Å². The molecule has 3 rings (SSSR count). The molecule has 0 heterocycles. The van der Waals surface area contributed by atoms with Gasteiger partial charge in [-0.05, 0) is 48.0 Å². The van der Waals surface area contributed by atoms with Gasteiger partial charge < -0.3 is 15.4 Å². The number of nitrogens with one attached hydrogen (secondary N) is 2. The van der Waals surface area contributed by atoms with Gasteiger partial charge in [-0.3, -0.25) is 9.59 Å². The average Bonchev–Trinajstić information content (AvgIpc) is 2.74. The van der Waals surface area contributed by atoms with Crippen molar-refractivity contribution in [3.05, 3.63) is 89.5 Å². The number of methoxy groups -OCH3 is 1. The fourth-order valence-electron chi connectivity index (χ4n) is 2.86. The van der Waals surface area contributed by atoms with Gasteiger partial charge in [0.25, 0.3) is 5.91 Å². The van der Waals surface area contributed by atoms with Gasteiger partial charge in [0.2, 0.25) is 5.91 Å². The highest BCUT2D eigenvalue weighted by molar-refractivity contribution is 6.04. The number of carbonyl (C=O) groups excluding carboxylic acids is 2. The Morgan fingerprint density at radius 1 is 0.871 bits per heavy atom. The van der Waals surface area contributed by atoms with Crippen LogP contribution in [-0.4, -0.2) is 18.9 Å². The molecule has 8 heteroatoms. The van der Waals surface area contributed by atoms with Gasteiger partial charge in [-0.1, -0.05) is 30.3 Å². The molecule has 0 aliphatic carbocycles. The molecular formula is C23H19F3N2O3. The first-order chi connectivity index (χ1) is 14.7. The molecular weight excluding hydrogens is 409 g/mol. The van der Waals surface area contributed by atoms with E-state index in [1.165, 1.54) is 13.2 Å². The van der Waals surface area contributed by atoms with E-state index in [0.717, 1.165) is 12.1 Å². The van der Waals surface area contributed by atoms with Crippen LogP contribution in [0.5, 0.6) is 5.75 Å².